The zero-order valence-corrected chi connectivity index (χ0v) is 11.8. The number of thioether (sulfide) groups is 1. The molecule has 0 bridgehead atoms. The molecule has 0 atom stereocenters. The number of thiazole rings is 1. The molecule has 4 nitrogen and oxygen atoms in total. The van der Waals surface area contributed by atoms with Crippen molar-refractivity contribution >= 4 is 33.4 Å². The monoisotopic (exact) mass is 269 g/mol. The Labute approximate surface area is 109 Å². The molecule has 6 heteroatoms. The Bertz CT molecular complexity index is 513. The smallest absolute Gasteiger partial charge is 0.175 e. The van der Waals surface area contributed by atoms with E-state index < -0.39 is 0 Å². The fraction of sp³-hybridized carbons (Fsp3) is 0.545. The molecule has 0 fully saturated rings. The predicted octanol–water partition coefficient (Wildman–Crippen LogP) is 2.56. The van der Waals surface area contributed by atoms with Gasteiger partial charge in [0.2, 0.25) is 0 Å². The molecule has 0 aromatic carbocycles. The van der Waals surface area contributed by atoms with Gasteiger partial charge in [-0.25, -0.2) is 15.0 Å². The van der Waals surface area contributed by atoms with Gasteiger partial charge >= 0.3 is 0 Å². The van der Waals surface area contributed by atoms with E-state index >= 15 is 0 Å². The lowest BCUT2D eigenvalue weighted by Gasteiger charge is -2.02. The van der Waals surface area contributed by atoms with Gasteiger partial charge < -0.3 is 4.74 Å². The van der Waals surface area contributed by atoms with E-state index in [4.69, 9.17) is 4.74 Å². The van der Waals surface area contributed by atoms with Crippen LogP contribution in [0.4, 0.5) is 0 Å². The van der Waals surface area contributed by atoms with Crippen LogP contribution in [0.15, 0.2) is 4.34 Å². The normalized spacial score (nSPS) is 11.2. The Balaban J connectivity index is 2.44. The second-order valence-corrected chi connectivity index (χ2v) is 5.57. The summed E-state index contributed by atoms with van der Waals surface area (Å²) in [5, 5.41) is 0. The SMILES string of the molecule is CCc1nc(CCOC)nc2nc(SC)sc12. The van der Waals surface area contributed by atoms with Crippen LogP contribution < -0.4 is 0 Å². The van der Waals surface area contributed by atoms with Gasteiger partial charge in [-0.1, -0.05) is 18.7 Å². The Kier molecular flexibility index (Phi) is 4.31. The molecule has 17 heavy (non-hydrogen) atoms. The summed E-state index contributed by atoms with van der Waals surface area (Å²) in [6.07, 6.45) is 3.68. The lowest BCUT2D eigenvalue weighted by Crippen LogP contribution is -2.03. The van der Waals surface area contributed by atoms with Crippen molar-refractivity contribution in [2.45, 2.75) is 24.1 Å². The van der Waals surface area contributed by atoms with Crippen LogP contribution in [0.1, 0.15) is 18.4 Å². The van der Waals surface area contributed by atoms with Gasteiger partial charge in [0.25, 0.3) is 0 Å². The summed E-state index contributed by atoms with van der Waals surface area (Å²) in [4.78, 5) is 13.6. The summed E-state index contributed by atoms with van der Waals surface area (Å²) in [5.74, 6) is 0.828. The van der Waals surface area contributed by atoms with E-state index in [1.54, 1.807) is 30.2 Å². The minimum absolute atomic E-state index is 0.647. The third kappa shape index (κ3) is 2.75. The highest BCUT2D eigenvalue weighted by molar-refractivity contribution is 8.00. The number of ether oxygens (including phenoxy) is 1. The molecule has 0 aliphatic rings. The van der Waals surface area contributed by atoms with Crippen molar-refractivity contribution < 1.29 is 4.74 Å². The Morgan fingerprint density at radius 3 is 2.76 bits per heavy atom. The maximum Gasteiger partial charge on any atom is 0.175 e. The number of aryl methyl sites for hydroxylation is 1. The molecule has 2 rings (SSSR count). The van der Waals surface area contributed by atoms with E-state index in [0.717, 1.165) is 39.0 Å². The van der Waals surface area contributed by atoms with Crippen LogP contribution in [-0.2, 0) is 17.6 Å². The fourth-order valence-corrected chi connectivity index (χ4v) is 3.10. The quantitative estimate of drug-likeness (QED) is 0.781. The summed E-state index contributed by atoms with van der Waals surface area (Å²) < 4.78 is 7.23. The number of methoxy groups -OCH3 is 1. The summed E-state index contributed by atoms with van der Waals surface area (Å²) in [6.45, 7) is 2.76. The molecule has 0 amide bonds. The molecule has 0 aliphatic heterocycles. The zero-order valence-electron chi connectivity index (χ0n) is 10.2. The zero-order chi connectivity index (χ0) is 12.3. The molecule has 0 saturated heterocycles. The number of rotatable bonds is 5. The molecule has 0 aliphatic carbocycles. The molecule has 92 valence electrons. The first-order valence-electron chi connectivity index (χ1n) is 5.47. The molecule has 0 spiro atoms. The van der Waals surface area contributed by atoms with Crippen LogP contribution in [-0.4, -0.2) is 34.9 Å². The first-order valence-corrected chi connectivity index (χ1v) is 7.51. The maximum atomic E-state index is 5.06. The standard InChI is InChI=1S/C11H15N3OS2/c1-4-7-9-10(14-11(16-3)17-9)13-8(12-7)5-6-15-2/h4-6H2,1-3H3. The number of fused-ring (bicyclic) bond motifs is 1. The number of hydrogen-bond donors (Lipinski definition) is 0. The average Bonchev–Trinajstić information content (AvgIpc) is 2.78. The van der Waals surface area contributed by atoms with Gasteiger partial charge in [0.1, 0.15) is 5.82 Å². The largest absolute Gasteiger partial charge is 0.384 e. The van der Waals surface area contributed by atoms with E-state index in [0.29, 0.717) is 6.61 Å². The van der Waals surface area contributed by atoms with E-state index in [2.05, 4.69) is 21.9 Å². The minimum atomic E-state index is 0.647. The van der Waals surface area contributed by atoms with Crippen molar-refractivity contribution in [3.8, 4) is 0 Å². The van der Waals surface area contributed by atoms with Gasteiger partial charge in [-0.3, -0.25) is 0 Å². The Hall–Kier alpha value is -0.720. The van der Waals surface area contributed by atoms with E-state index in [-0.39, 0.29) is 0 Å². The lowest BCUT2D eigenvalue weighted by molar-refractivity contribution is 0.200. The van der Waals surface area contributed by atoms with Crippen LogP contribution in [0, 0.1) is 0 Å². The number of aromatic nitrogens is 3. The van der Waals surface area contributed by atoms with Crippen molar-refractivity contribution in [1.82, 2.24) is 15.0 Å². The summed E-state index contributed by atoms with van der Waals surface area (Å²) in [5.41, 5.74) is 1.93. The van der Waals surface area contributed by atoms with Crippen LogP contribution in [0.5, 0.6) is 0 Å². The molecule has 0 radical (unpaired) electrons. The van der Waals surface area contributed by atoms with Gasteiger partial charge in [0, 0.05) is 13.5 Å². The summed E-state index contributed by atoms with van der Waals surface area (Å²) >= 11 is 3.33. The molecule has 2 heterocycles. The third-order valence-corrected chi connectivity index (χ3v) is 4.47. The van der Waals surface area contributed by atoms with Crippen molar-refractivity contribution in [3.63, 3.8) is 0 Å². The third-order valence-electron chi connectivity index (χ3n) is 2.39. The lowest BCUT2D eigenvalue weighted by atomic mass is 10.3. The van der Waals surface area contributed by atoms with Crippen LogP contribution in [0.3, 0.4) is 0 Å². The molecule has 0 saturated carbocycles. The first-order chi connectivity index (χ1) is 8.28. The van der Waals surface area contributed by atoms with Crippen LogP contribution in [0.2, 0.25) is 0 Å². The van der Waals surface area contributed by atoms with Crippen LogP contribution >= 0.6 is 23.1 Å². The molecule has 0 N–H and O–H groups in total. The molecular weight excluding hydrogens is 254 g/mol. The molecule has 2 aromatic rings. The van der Waals surface area contributed by atoms with Gasteiger partial charge in [-0.05, 0) is 12.7 Å². The predicted molar refractivity (Wildman–Crippen MR) is 71.9 cm³/mol. The Morgan fingerprint density at radius 2 is 2.12 bits per heavy atom. The van der Waals surface area contributed by atoms with Gasteiger partial charge in [-0.15, -0.1) is 11.3 Å². The average molecular weight is 269 g/mol. The van der Waals surface area contributed by atoms with Crippen molar-refractivity contribution in [3.05, 3.63) is 11.5 Å². The highest BCUT2D eigenvalue weighted by atomic mass is 32.2. The van der Waals surface area contributed by atoms with Crippen molar-refractivity contribution in [2.24, 2.45) is 0 Å². The van der Waals surface area contributed by atoms with Crippen molar-refractivity contribution in [1.29, 1.82) is 0 Å². The molecule has 2 aromatic heterocycles. The van der Waals surface area contributed by atoms with E-state index in [1.165, 1.54) is 0 Å². The number of nitrogens with zero attached hydrogens (tertiary/aromatic N) is 3. The van der Waals surface area contributed by atoms with E-state index in [1.807, 2.05) is 6.26 Å². The topological polar surface area (TPSA) is 47.9 Å². The Morgan fingerprint density at radius 1 is 1.29 bits per heavy atom. The van der Waals surface area contributed by atoms with Gasteiger partial charge in [0.05, 0.1) is 17.0 Å². The molecular formula is C11H15N3OS2. The fourth-order valence-electron chi connectivity index (χ4n) is 1.54. The second-order valence-electron chi connectivity index (χ2n) is 3.52. The highest BCUT2D eigenvalue weighted by Gasteiger charge is 2.11. The molecule has 0 unspecified atom stereocenters. The summed E-state index contributed by atoms with van der Waals surface area (Å²) in [6, 6.07) is 0. The van der Waals surface area contributed by atoms with E-state index in [9.17, 15) is 0 Å². The van der Waals surface area contributed by atoms with Crippen molar-refractivity contribution in [2.75, 3.05) is 20.0 Å². The number of hydrogen-bond acceptors (Lipinski definition) is 6. The van der Waals surface area contributed by atoms with Crippen LogP contribution in [0.25, 0.3) is 10.3 Å². The van der Waals surface area contributed by atoms with Gasteiger partial charge in [0.15, 0.2) is 9.99 Å². The summed E-state index contributed by atoms with van der Waals surface area (Å²) in [7, 11) is 1.69. The minimum Gasteiger partial charge on any atom is -0.384 e. The second kappa shape index (κ2) is 5.75. The first kappa shape index (κ1) is 12.7. The highest BCUT2D eigenvalue weighted by Crippen LogP contribution is 2.29. The maximum absolute atomic E-state index is 5.06. The van der Waals surface area contributed by atoms with Gasteiger partial charge in [-0.2, -0.15) is 0 Å².